The Balaban J connectivity index is 1.84. The van der Waals surface area contributed by atoms with E-state index in [4.69, 9.17) is 4.74 Å². The van der Waals surface area contributed by atoms with Gasteiger partial charge in [0.25, 0.3) is 0 Å². The van der Waals surface area contributed by atoms with Crippen molar-refractivity contribution in [3.8, 4) is 5.75 Å². The van der Waals surface area contributed by atoms with E-state index in [9.17, 15) is 4.79 Å². The Bertz CT molecular complexity index is 503. The molecule has 0 aromatic heterocycles. The van der Waals surface area contributed by atoms with E-state index in [1.54, 1.807) is 0 Å². The number of benzene rings is 1. The summed E-state index contributed by atoms with van der Waals surface area (Å²) in [7, 11) is 0. The van der Waals surface area contributed by atoms with Crippen molar-refractivity contribution in [2.75, 3.05) is 19.7 Å². The van der Waals surface area contributed by atoms with Crippen LogP contribution in [0, 0.1) is 0 Å². The molecule has 1 amide bonds. The Morgan fingerprint density at radius 2 is 2.15 bits per heavy atom. The molecule has 2 aliphatic heterocycles. The van der Waals surface area contributed by atoms with E-state index in [-0.39, 0.29) is 17.9 Å². The summed E-state index contributed by atoms with van der Waals surface area (Å²) in [6, 6.07) is 8.55. The van der Waals surface area contributed by atoms with Gasteiger partial charge in [-0.2, -0.15) is 0 Å². The number of rotatable bonds is 1. The smallest absolute Gasteiger partial charge is 0.230 e. The predicted molar refractivity (Wildman–Crippen MR) is 77.9 cm³/mol. The maximum absolute atomic E-state index is 12.9. The van der Waals surface area contributed by atoms with Crippen molar-refractivity contribution in [3.63, 3.8) is 0 Å². The fourth-order valence-electron chi connectivity index (χ4n) is 3.13. The monoisotopic (exact) mass is 274 g/mol. The molecule has 3 unspecified atom stereocenters. The van der Waals surface area contributed by atoms with Gasteiger partial charge in [-0.05, 0) is 26.3 Å². The normalized spacial score (nSPS) is 29.5. The average molecular weight is 274 g/mol. The van der Waals surface area contributed by atoms with Crippen molar-refractivity contribution in [2.24, 2.45) is 0 Å². The van der Waals surface area contributed by atoms with E-state index in [2.05, 4.69) is 19.2 Å². The van der Waals surface area contributed by atoms with Crippen LogP contribution in [0.25, 0.3) is 0 Å². The molecule has 1 saturated heterocycles. The first kappa shape index (κ1) is 13.4. The standard InChI is InChI=1S/C16H22N2O2/c1-11-10-18(12(2)9-17-11)16(19)14-7-8-20-15-6-4-3-5-13(14)15/h3-6,11-12,14,17H,7-10H2,1-2H3. The summed E-state index contributed by atoms with van der Waals surface area (Å²) in [5, 5.41) is 3.42. The zero-order chi connectivity index (χ0) is 14.1. The zero-order valence-corrected chi connectivity index (χ0v) is 12.1. The number of amides is 1. The maximum Gasteiger partial charge on any atom is 0.230 e. The van der Waals surface area contributed by atoms with Gasteiger partial charge in [0.1, 0.15) is 5.75 Å². The van der Waals surface area contributed by atoms with Crippen LogP contribution in [0.4, 0.5) is 0 Å². The number of nitrogens with one attached hydrogen (secondary N) is 1. The van der Waals surface area contributed by atoms with Crippen molar-refractivity contribution in [1.29, 1.82) is 0 Å². The molecule has 4 nitrogen and oxygen atoms in total. The van der Waals surface area contributed by atoms with E-state index in [0.29, 0.717) is 12.6 Å². The Labute approximate surface area is 120 Å². The van der Waals surface area contributed by atoms with Crippen molar-refractivity contribution in [1.82, 2.24) is 10.2 Å². The number of fused-ring (bicyclic) bond motifs is 1. The first-order valence-corrected chi connectivity index (χ1v) is 7.42. The topological polar surface area (TPSA) is 41.6 Å². The second-order valence-electron chi connectivity index (χ2n) is 5.88. The molecular weight excluding hydrogens is 252 g/mol. The highest BCUT2D eigenvalue weighted by atomic mass is 16.5. The fraction of sp³-hybridized carbons (Fsp3) is 0.562. The van der Waals surface area contributed by atoms with Gasteiger partial charge in [-0.25, -0.2) is 0 Å². The molecule has 0 saturated carbocycles. The third-order valence-corrected chi connectivity index (χ3v) is 4.30. The zero-order valence-electron chi connectivity index (χ0n) is 12.1. The summed E-state index contributed by atoms with van der Waals surface area (Å²) in [5.74, 6) is 1.07. The second-order valence-corrected chi connectivity index (χ2v) is 5.88. The van der Waals surface area contributed by atoms with E-state index < -0.39 is 0 Å². The molecule has 0 bridgehead atoms. The SMILES string of the molecule is CC1CN(C(=O)C2CCOc3ccccc32)C(C)CN1. The van der Waals surface area contributed by atoms with Gasteiger partial charge in [0, 0.05) is 30.7 Å². The largest absolute Gasteiger partial charge is 0.493 e. The lowest BCUT2D eigenvalue weighted by molar-refractivity contribution is -0.137. The minimum absolute atomic E-state index is 0.0484. The second kappa shape index (κ2) is 5.44. The minimum Gasteiger partial charge on any atom is -0.493 e. The summed E-state index contributed by atoms with van der Waals surface area (Å²) in [6.45, 7) is 6.53. The number of ether oxygens (including phenoxy) is 1. The van der Waals surface area contributed by atoms with Crippen molar-refractivity contribution >= 4 is 5.91 Å². The van der Waals surface area contributed by atoms with Gasteiger partial charge in [-0.15, -0.1) is 0 Å². The molecule has 3 rings (SSSR count). The van der Waals surface area contributed by atoms with E-state index in [1.165, 1.54) is 0 Å². The molecule has 1 aromatic rings. The van der Waals surface area contributed by atoms with Crippen molar-refractivity contribution in [2.45, 2.75) is 38.3 Å². The fourth-order valence-corrected chi connectivity index (χ4v) is 3.13. The highest BCUT2D eigenvalue weighted by Crippen LogP contribution is 2.35. The van der Waals surface area contributed by atoms with Crippen LogP contribution < -0.4 is 10.1 Å². The molecule has 0 radical (unpaired) electrons. The maximum atomic E-state index is 12.9. The number of carbonyl (C=O) groups is 1. The van der Waals surface area contributed by atoms with Gasteiger partial charge in [-0.1, -0.05) is 18.2 Å². The van der Waals surface area contributed by atoms with Gasteiger partial charge in [0.05, 0.1) is 12.5 Å². The van der Waals surface area contributed by atoms with Crippen LogP contribution in [-0.4, -0.2) is 42.6 Å². The number of hydrogen-bond acceptors (Lipinski definition) is 3. The summed E-state index contributed by atoms with van der Waals surface area (Å²) < 4.78 is 5.66. The van der Waals surface area contributed by atoms with E-state index >= 15 is 0 Å². The first-order valence-electron chi connectivity index (χ1n) is 7.42. The molecule has 3 atom stereocenters. The highest BCUT2D eigenvalue weighted by Gasteiger charge is 2.34. The molecule has 0 aliphatic carbocycles. The lowest BCUT2D eigenvalue weighted by Crippen LogP contribution is -2.57. The number of piperazine rings is 1. The van der Waals surface area contributed by atoms with Crippen molar-refractivity contribution in [3.05, 3.63) is 29.8 Å². The van der Waals surface area contributed by atoms with Crippen LogP contribution in [-0.2, 0) is 4.79 Å². The molecule has 20 heavy (non-hydrogen) atoms. The predicted octanol–water partition coefficient (Wildman–Crippen LogP) is 1.76. The number of para-hydroxylation sites is 1. The molecule has 1 N–H and O–H groups in total. The Hall–Kier alpha value is -1.55. The number of hydrogen-bond donors (Lipinski definition) is 1. The molecular formula is C16H22N2O2. The lowest BCUT2D eigenvalue weighted by atomic mass is 9.91. The molecule has 1 aromatic carbocycles. The van der Waals surface area contributed by atoms with Gasteiger partial charge in [0.2, 0.25) is 5.91 Å². The molecule has 1 fully saturated rings. The van der Waals surface area contributed by atoms with Gasteiger partial charge >= 0.3 is 0 Å². The third-order valence-electron chi connectivity index (χ3n) is 4.30. The Morgan fingerprint density at radius 1 is 1.35 bits per heavy atom. The van der Waals surface area contributed by atoms with Crippen LogP contribution in [0.15, 0.2) is 24.3 Å². The van der Waals surface area contributed by atoms with E-state index in [1.807, 2.05) is 29.2 Å². The summed E-state index contributed by atoms with van der Waals surface area (Å²) >= 11 is 0. The van der Waals surface area contributed by atoms with Crippen LogP contribution in [0.2, 0.25) is 0 Å². The summed E-state index contributed by atoms with van der Waals surface area (Å²) in [6.07, 6.45) is 0.779. The summed E-state index contributed by atoms with van der Waals surface area (Å²) in [5.41, 5.74) is 1.04. The Morgan fingerprint density at radius 3 is 3.00 bits per heavy atom. The van der Waals surface area contributed by atoms with Gasteiger partial charge in [0.15, 0.2) is 0 Å². The quantitative estimate of drug-likeness (QED) is 0.848. The summed E-state index contributed by atoms with van der Waals surface area (Å²) in [4.78, 5) is 15.0. The molecule has 108 valence electrons. The Kier molecular flexibility index (Phi) is 3.66. The molecule has 0 spiro atoms. The van der Waals surface area contributed by atoms with E-state index in [0.717, 1.165) is 30.8 Å². The highest BCUT2D eigenvalue weighted by molar-refractivity contribution is 5.85. The van der Waals surface area contributed by atoms with Gasteiger partial charge < -0.3 is 15.0 Å². The first-order chi connectivity index (χ1) is 9.66. The molecule has 2 aliphatic rings. The van der Waals surface area contributed by atoms with Crippen LogP contribution >= 0.6 is 0 Å². The minimum atomic E-state index is -0.0484. The van der Waals surface area contributed by atoms with Crippen LogP contribution in [0.5, 0.6) is 5.75 Å². The number of nitrogens with zero attached hydrogens (tertiary/aromatic N) is 1. The van der Waals surface area contributed by atoms with Gasteiger partial charge in [-0.3, -0.25) is 4.79 Å². The third kappa shape index (κ3) is 2.40. The molecule has 4 heteroatoms. The van der Waals surface area contributed by atoms with Crippen LogP contribution in [0.3, 0.4) is 0 Å². The van der Waals surface area contributed by atoms with Crippen LogP contribution in [0.1, 0.15) is 31.7 Å². The average Bonchev–Trinajstić information content (AvgIpc) is 2.48. The molecule has 2 heterocycles. The number of carbonyl (C=O) groups excluding carboxylic acids is 1. The van der Waals surface area contributed by atoms with Crippen molar-refractivity contribution < 1.29 is 9.53 Å². The lowest BCUT2D eigenvalue weighted by Gasteiger charge is -2.40.